The number of aliphatic carboxylic acids is 1. The number of carboxylic acids is 1. The Balaban J connectivity index is 2.19. The van der Waals surface area contributed by atoms with Crippen molar-refractivity contribution < 1.29 is 19.7 Å². The van der Waals surface area contributed by atoms with E-state index in [-0.39, 0.29) is 18.4 Å². The molecular formula is C19H32O4. The maximum Gasteiger partial charge on any atom is 0.303 e. The monoisotopic (exact) mass is 324 g/mol. The normalized spacial score (nSPS) is 21.7. The van der Waals surface area contributed by atoms with Crippen molar-refractivity contribution in [3.8, 4) is 11.8 Å². The number of carboxylic acid groups (broad SMARTS) is 1. The summed E-state index contributed by atoms with van der Waals surface area (Å²) >= 11 is 0. The second-order valence-corrected chi connectivity index (χ2v) is 6.45. The number of hydrogen-bond donors (Lipinski definition) is 2. The Labute approximate surface area is 140 Å². The van der Waals surface area contributed by atoms with Crippen LogP contribution in [0, 0.1) is 17.8 Å². The van der Waals surface area contributed by atoms with Gasteiger partial charge in [0.25, 0.3) is 0 Å². The minimum atomic E-state index is -0.727. The van der Waals surface area contributed by atoms with E-state index in [2.05, 4.69) is 18.8 Å². The lowest BCUT2D eigenvalue weighted by atomic mass is 10.1. The summed E-state index contributed by atoms with van der Waals surface area (Å²) in [5, 5.41) is 18.5. The highest BCUT2D eigenvalue weighted by atomic mass is 16.5. The molecule has 1 saturated carbocycles. The average molecular weight is 324 g/mol. The molecule has 0 amide bonds. The highest BCUT2D eigenvalue weighted by Crippen LogP contribution is 2.28. The van der Waals surface area contributed by atoms with Crippen molar-refractivity contribution in [3.63, 3.8) is 0 Å². The van der Waals surface area contributed by atoms with Crippen LogP contribution >= 0.6 is 0 Å². The predicted molar refractivity (Wildman–Crippen MR) is 91.1 cm³/mol. The minimum absolute atomic E-state index is 0.185. The van der Waals surface area contributed by atoms with Gasteiger partial charge in [0.15, 0.2) is 0 Å². The predicted octanol–water partition coefficient (Wildman–Crippen LogP) is 3.76. The molecule has 1 rings (SSSR count). The Hall–Kier alpha value is -1.05. The molecule has 0 bridgehead atoms. The van der Waals surface area contributed by atoms with Crippen LogP contribution in [-0.2, 0) is 9.53 Å². The molecule has 4 nitrogen and oxygen atoms in total. The Kier molecular flexibility index (Phi) is 10.8. The van der Waals surface area contributed by atoms with E-state index < -0.39 is 12.1 Å². The molecule has 0 saturated heterocycles. The van der Waals surface area contributed by atoms with Crippen LogP contribution < -0.4 is 0 Å². The van der Waals surface area contributed by atoms with Crippen LogP contribution in [0.2, 0.25) is 0 Å². The molecule has 0 spiro atoms. The first-order chi connectivity index (χ1) is 11.1. The molecule has 0 aromatic heterocycles. The molecule has 0 aromatic carbocycles. The van der Waals surface area contributed by atoms with Gasteiger partial charge in [-0.1, -0.05) is 38.0 Å². The molecule has 0 aromatic rings. The maximum atomic E-state index is 10.4. The van der Waals surface area contributed by atoms with Crippen molar-refractivity contribution in [2.75, 3.05) is 6.61 Å². The third-order valence-corrected chi connectivity index (χ3v) is 4.34. The smallest absolute Gasteiger partial charge is 0.303 e. The molecule has 2 N–H and O–H groups in total. The SMILES string of the molecule is CCCCC[C@@H](O)C#C[C@@H]1CCC[C@H]1OCCCCCC(=O)O. The lowest BCUT2D eigenvalue weighted by Crippen LogP contribution is -2.18. The van der Waals surface area contributed by atoms with Crippen molar-refractivity contribution in [2.45, 2.75) is 89.8 Å². The third kappa shape index (κ3) is 9.63. The summed E-state index contributed by atoms with van der Waals surface area (Å²) in [5.41, 5.74) is 0. The van der Waals surface area contributed by atoms with E-state index in [0.717, 1.165) is 64.2 Å². The lowest BCUT2D eigenvalue weighted by molar-refractivity contribution is -0.137. The highest BCUT2D eigenvalue weighted by Gasteiger charge is 2.26. The summed E-state index contributed by atoms with van der Waals surface area (Å²) in [4.78, 5) is 10.4. The first-order valence-corrected chi connectivity index (χ1v) is 9.16. The van der Waals surface area contributed by atoms with E-state index in [9.17, 15) is 9.90 Å². The molecule has 0 heterocycles. The van der Waals surface area contributed by atoms with E-state index in [1.54, 1.807) is 0 Å². The zero-order valence-electron chi connectivity index (χ0n) is 14.4. The second-order valence-electron chi connectivity index (χ2n) is 6.45. The topological polar surface area (TPSA) is 66.8 Å². The van der Waals surface area contributed by atoms with Gasteiger partial charge in [-0.15, -0.1) is 0 Å². The van der Waals surface area contributed by atoms with Gasteiger partial charge in [-0.25, -0.2) is 0 Å². The quantitative estimate of drug-likeness (QED) is 0.448. The Bertz CT molecular complexity index is 383. The molecule has 4 heteroatoms. The summed E-state index contributed by atoms with van der Waals surface area (Å²) in [5.74, 6) is 5.74. The second kappa shape index (κ2) is 12.4. The summed E-state index contributed by atoms with van der Waals surface area (Å²) in [7, 11) is 0. The first-order valence-electron chi connectivity index (χ1n) is 9.16. The number of aliphatic hydroxyl groups excluding tert-OH is 1. The van der Waals surface area contributed by atoms with Crippen molar-refractivity contribution in [1.82, 2.24) is 0 Å². The molecule has 1 aliphatic rings. The van der Waals surface area contributed by atoms with Crippen LogP contribution in [0.1, 0.15) is 77.6 Å². The van der Waals surface area contributed by atoms with E-state index in [0.29, 0.717) is 6.61 Å². The number of rotatable bonds is 11. The summed E-state index contributed by atoms with van der Waals surface area (Å²) in [6, 6.07) is 0. The van der Waals surface area contributed by atoms with Crippen LogP contribution in [0.4, 0.5) is 0 Å². The summed E-state index contributed by atoms with van der Waals surface area (Å²) in [6.45, 7) is 2.84. The van der Waals surface area contributed by atoms with Crippen molar-refractivity contribution in [2.24, 2.45) is 5.92 Å². The van der Waals surface area contributed by atoms with E-state index >= 15 is 0 Å². The van der Waals surface area contributed by atoms with Crippen LogP contribution in [0.3, 0.4) is 0 Å². The van der Waals surface area contributed by atoms with Gasteiger partial charge in [0.2, 0.25) is 0 Å². The number of unbranched alkanes of at least 4 members (excludes halogenated alkanes) is 4. The fraction of sp³-hybridized carbons (Fsp3) is 0.842. The van der Waals surface area contributed by atoms with Crippen LogP contribution in [0.5, 0.6) is 0 Å². The molecular weight excluding hydrogens is 292 g/mol. The Morgan fingerprint density at radius 2 is 2.04 bits per heavy atom. The molecule has 3 atom stereocenters. The summed E-state index contributed by atoms with van der Waals surface area (Å²) in [6.07, 6.45) is 9.78. The molecule has 0 unspecified atom stereocenters. The van der Waals surface area contributed by atoms with Crippen LogP contribution in [-0.4, -0.2) is 35.0 Å². The molecule has 23 heavy (non-hydrogen) atoms. The number of hydrogen-bond acceptors (Lipinski definition) is 3. The molecule has 1 aliphatic carbocycles. The molecule has 132 valence electrons. The van der Waals surface area contributed by atoms with E-state index in [4.69, 9.17) is 9.84 Å². The van der Waals surface area contributed by atoms with Crippen molar-refractivity contribution in [1.29, 1.82) is 0 Å². The molecule has 1 fully saturated rings. The number of carbonyl (C=O) groups is 1. The van der Waals surface area contributed by atoms with Gasteiger partial charge < -0.3 is 14.9 Å². The van der Waals surface area contributed by atoms with Gasteiger partial charge in [-0.05, 0) is 44.9 Å². The minimum Gasteiger partial charge on any atom is -0.481 e. The zero-order valence-corrected chi connectivity index (χ0v) is 14.4. The largest absolute Gasteiger partial charge is 0.481 e. The standard InChI is InChI=1S/C19H32O4/c1-2-3-5-10-17(20)14-13-16-9-8-11-18(16)23-15-7-4-6-12-19(21)22/h16-18,20H,2-12,15H2,1H3,(H,21,22)/t16-,17+,18+/m0/s1. The molecule has 0 radical (unpaired) electrons. The van der Waals surface area contributed by atoms with Crippen molar-refractivity contribution in [3.05, 3.63) is 0 Å². The molecule has 0 aliphatic heterocycles. The van der Waals surface area contributed by atoms with Gasteiger partial charge in [0.05, 0.1) is 6.10 Å². The summed E-state index contributed by atoms with van der Waals surface area (Å²) < 4.78 is 5.92. The van der Waals surface area contributed by atoms with E-state index in [1.165, 1.54) is 0 Å². The average Bonchev–Trinajstić information content (AvgIpc) is 2.96. The first kappa shape index (κ1) is 20.0. The third-order valence-electron chi connectivity index (χ3n) is 4.34. The number of aliphatic hydroxyl groups is 1. The lowest BCUT2D eigenvalue weighted by Gasteiger charge is -2.16. The zero-order chi connectivity index (χ0) is 16.9. The Morgan fingerprint density at radius 3 is 2.78 bits per heavy atom. The van der Waals surface area contributed by atoms with Gasteiger partial charge >= 0.3 is 5.97 Å². The van der Waals surface area contributed by atoms with E-state index in [1.807, 2.05) is 0 Å². The van der Waals surface area contributed by atoms with Gasteiger partial charge in [0.1, 0.15) is 6.10 Å². The van der Waals surface area contributed by atoms with Gasteiger partial charge in [0, 0.05) is 18.9 Å². The maximum absolute atomic E-state index is 10.4. The highest BCUT2D eigenvalue weighted by molar-refractivity contribution is 5.66. The van der Waals surface area contributed by atoms with Gasteiger partial charge in [-0.3, -0.25) is 4.79 Å². The Morgan fingerprint density at radius 1 is 1.22 bits per heavy atom. The van der Waals surface area contributed by atoms with Crippen LogP contribution in [0.25, 0.3) is 0 Å². The van der Waals surface area contributed by atoms with Crippen molar-refractivity contribution >= 4 is 5.97 Å². The van der Waals surface area contributed by atoms with Crippen LogP contribution in [0.15, 0.2) is 0 Å². The fourth-order valence-corrected chi connectivity index (χ4v) is 2.94. The fourth-order valence-electron chi connectivity index (χ4n) is 2.94. The van der Waals surface area contributed by atoms with Gasteiger partial charge in [-0.2, -0.15) is 0 Å². The number of ether oxygens (including phenoxy) is 1.